The Kier molecular flexibility index (Phi) is 12.1. The van der Waals surface area contributed by atoms with Crippen molar-refractivity contribution in [1.82, 2.24) is 0 Å². The molecule has 0 heterocycles. The van der Waals surface area contributed by atoms with E-state index >= 15 is 0 Å². The molecule has 0 bridgehead atoms. The Hall–Kier alpha value is -4.32. The first-order valence-corrected chi connectivity index (χ1v) is 14.7. The maximum absolute atomic E-state index is 5.89. The van der Waals surface area contributed by atoms with Gasteiger partial charge in [-0.05, 0) is 122 Å². The summed E-state index contributed by atoms with van der Waals surface area (Å²) in [5.41, 5.74) is 5.96. The molecule has 41 heavy (non-hydrogen) atoms. The lowest BCUT2D eigenvalue weighted by molar-refractivity contribution is 0.287. The van der Waals surface area contributed by atoms with Crippen LogP contribution < -0.4 is 9.47 Å². The second-order valence-electron chi connectivity index (χ2n) is 9.94. The number of hydrogen-bond donors (Lipinski definition) is 0. The van der Waals surface area contributed by atoms with Crippen LogP contribution in [0.1, 0.15) is 57.1 Å². The van der Waals surface area contributed by atoms with Crippen molar-refractivity contribution < 1.29 is 9.47 Å². The maximum atomic E-state index is 5.89. The van der Waals surface area contributed by atoms with Crippen LogP contribution >= 0.6 is 0 Å². The average molecular weight is 549 g/mol. The minimum Gasteiger partial charge on any atom is -0.494 e. The molecule has 0 amide bonds. The van der Waals surface area contributed by atoms with Gasteiger partial charge in [-0.15, -0.1) is 0 Å². The molecule has 0 N–H and O–H groups in total. The highest BCUT2D eigenvalue weighted by atomic mass is 16.5. The molecule has 4 rings (SSSR count). The first kappa shape index (κ1) is 29.7. The number of rotatable bonds is 16. The maximum Gasteiger partial charge on any atom is 0.119 e. The Morgan fingerprint density at radius 3 is 1.17 bits per heavy atom. The number of nitrogens with zero attached hydrogens (tertiary/aromatic N) is 4. The molecule has 0 aliphatic heterocycles. The predicted octanol–water partition coefficient (Wildman–Crippen LogP) is 11.1. The second kappa shape index (κ2) is 16.7. The highest BCUT2D eigenvalue weighted by Gasteiger charge is 1.99. The number of benzene rings is 4. The molecular weight excluding hydrogens is 508 g/mol. The van der Waals surface area contributed by atoms with Crippen molar-refractivity contribution in [3.8, 4) is 11.5 Å². The fourth-order valence-corrected chi connectivity index (χ4v) is 4.20. The lowest BCUT2D eigenvalue weighted by Gasteiger charge is -2.07. The summed E-state index contributed by atoms with van der Waals surface area (Å²) >= 11 is 0. The Morgan fingerprint density at radius 1 is 0.439 bits per heavy atom. The van der Waals surface area contributed by atoms with Crippen molar-refractivity contribution in [1.29, 1.82) is 0 Å². The lowest BCUT2D eigenvalue weighted by Crippen LogP contribution is -1.99. The first-order valence-electron chi connectivity index (χ1n) is 14.7. The van der Waals surface area contributed by atoms with Crippen LogP contribution in [-0.4, -0.2) is 13.2 Å². The zero-order chi connectivity index (χ0) is 28.5. The summed E-state index contributed by atoms with van der Waals surface area (Å²) < 4.78 is 11.8. The molecule has 0 radical (unpaired) electrons. The minimum absolute atomic E-state index is 0.699. The van der Waals surface area contributed by atoms with Crippen LogP contribution in [0.15, 0.2) is 118 Å². The molecule has 6 nitrogen and oxygen atoms in total. The SMILES string of the molecule is CCCc1ccc(N=Nc2ccc(OCCCCCCOc3ccc(N=Nc4ccc(CC)cc4)cc3)cc2)cc1. The van der Waals surface area contributed by atoms with E-state index < -0.39 is 0 Å². The molecule has 0 saturated heterocycles. The van der Waals surface area contributed by atoms with Gasteiger partial charge in [0.25, 0.3) is 0 Å². The number of aryl methyl sites for hydroxylation is 2. The molecule has 0 atom stereocenters. The molecule has 4 aromatic carbocycles. The van der Waals surface area contributed by atoms with Gasteiger partial charge in [0, 0.05) is 0 Å². The number of unbranched alkanes of at least 4 members (excludes halogenated alkanes) is 3. The smallest absolute Gasteiger partial charge is 0.119 e. The van der Waals surface area contributed by atoms with Crippen LogP contribution in [0.2, 0.25) is 0 Å². The fraction of sp³-hybridized carbons (Fsp3) is 0.314. The number of ether oxygens (including phenoxy) is 2. The standard InChI is InChI=1S/C35H40N4O2/c1-3-9-29-12-16-31(17-13-29)37-39-33-20-24-35(25-21-33)41-27-8-6-5-7-26-40-34-22-18-32(19-23-34)38-36-30-14-10-28(4-2)11-15-30/h10-25H,3-9,26-27H2,1-2H3. The van der Waals surface area contributed by atoms with Gasteiger partial charge in [-0.2, -0.15) is 20.5 Å². The van der Waals surface area contributed by atoms with E-state index in [-0.39, 0.29) is 0 Å². The number of hydrogen-bond acceptors (Lipinski definition) is 6. The third kappa shape index (κ3) is 10.6. The largest absolute Gasteiger partial charge is 0.494 e. The van der Waals surface area contributed by atoms with E-state index in [1.165, 1.54) is 11.1 Å². The summed E-state index contributed by atoms with van der Waals surface area (Å²) in [6.45, 7) is 5.72. The molecule has 0 aromatic heterocycles. The monoisotopic (exact) mass is 548 g/mol. The van der Waals surface area contributed by atoms with Gasteiger partial charge >= 0.3 is 0 Å². The van der Waals surface area contributed by atoms with Crippen molar-refractivity contribution in [2.24, 2.45) is 20.5 Å². The Bertz CT molecular complexity index is 1350. The molecule has 212 valence electrons. The van der Waals surface area contributed by atoms with Crippen LogP contribution in [0.25, 0.3) is 0 Å². The van der Waals surface area contributed by atoms with Gasteiger partial charge in [0.15, 0.2) is 0 Å². The van der Waals surface area contributed by atoms with E-state index in [0.717, 1.165) is 79.2 Å². The van der Waals surface area contributed by atoms with Crippen molar-refractivity contribution in [3.63, 3.8) is 0 Å². The van der Waals surface area contributed by atoms with Gasteiger partial charge in [0.1, 0.15) is 11.5 Å². The fourth-order valence-electron chi connectivity index (χ4n) is 4.20. The van der Waals surface area contributed by atoms with Crippen LogP contribution in [0.3, 0.4) is 0 Å². The van der Waals surface area contributed by atoms with E-state index in [1.807, 2.05) is 72.8 Å². The number of azo groups is 2. The second-order valence-corrected chi connectivity index (χ2v) is 9.94. The van der Waals surface area contributed by atoms with Crippen molar-refractivity contribution >= 4 is 22.7 Å². The van der Waals surface area contributed by atoms with Crippen molar-refractivity contribution in [2.75, 3.05) is 13.2 Å². The zero-order valence-electron chi connectivity index (χ0n) is 24.2. The molecule has 0 aliphatic rings. The van der Waals surface area contributed by atoms with Crippen LogP contribution in [0.4, 0.5) is 22.7 Å². The Morgan fingerprint density at radius 2 is 0.805 bits per heavy atom. The van der Waals surface area contributed by atoms with Gasteiger partial charge < -0.3 is 9.47 Å². The molecule has 0 aliphatic carbocycles. The highest BCUT2D eigenvalue weighted by Crippen LogP contribution is 2.23. The molecule has 0 fully saturated rings. The molecule has 0 saturated carbocycles. The highest BCUT2D eigenvalue weighted by molar-refractivity contribution is 5.44. The van der Waals surface area contributed by atoms with Crippen molar-refractivity contribution in [2.45, 2.75) is 58.8 Å². The van der Waals surface area contributed by atoms with E-state index in [2.05, 4.69) is 58.6 Å². The molecule has 0 unspecified atom stereocenters. The van der Waals surface area contributed by atoms with Gasteiger partial charge in [0.05, 0.1) is 36.0 Å². The van der Waals surface area contributed by atoms with Crippen LogP contribution in [0.5, 0.6) is 11.5 Å². The zero-order valence-corrected chi connectivity index (χ0v) is 24.2. The van der Waals surface area contributed by atoms with Gasteiger partial charge in [-0.1, -0.05) is 44.5 Å². The topological polar surface area (TPSA) is 67.9 Å². The minimum atomic E-state index is 0.699. The van der Waals surface area contributed by atoms with Gasteiger partial charge in [-0.25, -0.2) is 0 Å². The van der Waals surface area contributed by atoms with Crippen LogP contribution in [-0.2, 0) is 12.8 Å². The summed E-state index contributed by atoms with van der Waals surface area (Å²) in [6, 6.07) is 31.9. The predicted molar refractivity (Wildman–Crippen MR) is 167 cm³/mol. The van der Waals surface area contributed by atoms with Gasteiger partial charge in [-0.3, -0.25) is 0 Å². The van der Waals surface area contributed by atoms with E-state index in [4.69, 9.17) is 9.47 Å². The summed E-state index contributed by atoms with van der Waals surface area (Å²) in [6.07, 6.45) is 7.48. The van der Waals surface area contributed by atoms with E-state index in [1.54, 1.807) is 0 Å². The van der Waals surface area contributed by atoms with E-state index in [0.29, 0.717) is 13.2 Å². The van der Waals surface area contributed by atoms with Gasteiger partial charge in [0.2, 0.25) is 0 Å². The molecule has 4 aromatic rings. The van der Waals surface area contributed by atoms with E-state index in [9.17, 15) is 0 Å². The Balaban J connectivity index is 1.06. The molecular formula is C35H40N4O2. The Labute approximate surface area is 244 Å². The first-order chi connectivity index (χ1) is 20.2. The van der Waals surface area contributed by atoms with Crippen molar-refractivity contribution in [3.05, 3.63) is 108 Å². The quantitative estimate of drug-likeness (QED) is 0.103. The summed E-state index contributed by atoms with van der Waals surface area (Å²) in [5.74, 6) is 1.71. The third-order valence-electron chi connectivity index (χ3n) is 6.63. The molecule has 0 spiro atoms. The normalized spacial score (nSPS) is 11.4. The summed E-state index contributed by atoms with van der Waals surface area (Å²) in [5, 5.41) is 17.3. The molecule has 6 heteroatoms. The summed E-state index contributed by atoms with van der Waals surface area (Å²) in [4.78, 5) is 0. The summed E-state index contributed by atoms with van der Waals surface area (Å²) in [7, 11) is 0. The average Bonchev–Trinajstić information content (AvgIpc) is 3.02. The third-order valence-corrected chi connectivity index (χ3v) is 6.63. The van der Waals surface area contributed by atoms with Crippen LogP contribution in [0, 0.1) is 0 Å². The lowest BCUT2D eigenvalue weighted by atomic mass is 10.1.